The van der Waals surface area contributed by atoms with E-state index in [4.69, 9.17) is 19.2 Å². The first-order chi connectivity index (χ1) is 14.7. The maximum Gasteiger partial charge on any atom is 0.309 e. The minimum Gasteiger partial charge on any atom is -0.467 e. The maximum atomic E-state index is 14.0. The molecular weight excluding hydrogens is 405 g/mol. The Kier molecular flexibility index (Phi) is 5.39. The molecule has 156 valence electrons. The summed E-state index contributed by atoms with van der Waals surface area (Å²) in [6.45, 7) is 0.389. The molecule has 7 heteroatoms. The van der Waals surface area contributed by atoms with Gasteiger partial charge in [-0.05, 0) is 37.1 Å². The van der Waals surface area contributed by atoms with Crippen LogP contribution < -0.4 is 4.74 Å². The van der Waals surface area contributed by atoms with Crippen molar-refractivity contribution in [2.75, 3.05) is 6.79 Å². The molecular formula is C23H22FNO4S. The highest BCUT2D eigenvalue weighted by Crippen LogP contribution is 2.41. The molecule has 1 aliphatic carbocycles. The molecule has 0 saturated heterocycles. The fourth-order valence-corrected chi connectivity index (χ4v) is 5.54. The van der Waals surface area contributed by atoms with E-state index in [-0.39, 0.29) is 43.6 Å². The van der Waals surface area contributed by atoms with E-state index in [1.165, 1.54) is 12.1 Å². The molecule has 0 amide bonds. The lowest BCUT2D eigenvalue weighted by molar-refractivity contribution is -0.151. The molecule has 1 saturated carbocycles. The van der Waals surface area contributed by atoms with E-state index in [1.807, 2.05) is 18.2 Å². The predicted octanol–water partition coefficient (Wildman–Crippen LogP) is 5.32. The number of esters is 1. The molecule has 2 atom stereocenters. The largest absolute Gasteiger partial charge is 0.467 e. The summed E-state index contributed by atoms with van der Waals surface area (Å²) in [4.78, 5) is 17.8. The highest BCUT2D eigenvalue weighted by molar-refractivity contribution is 7.18. The van der Waals surface area contributed by atoms with Crippen LogP contribution in [0.15, 0.2) is 36.4 Å². The number of para-hydroxylation sites is 1. The minimum atomic E-state index is -0.390. The molecule has 0 bridgehead atoms. The number of aromatic nitrogens is 1. The smallest absolute Gasteiger partial charge is 0.309 e. The van der Waals surface area contributed by atoms with Gasteiger partial charge in [-0.2, -0.15) is 0 Å². The van der Waals surface area contributed by atoms with E-state index in [2.05, 4.69) is 6.07 Å². The Morgan fingerprint density at radius 2 is 2.10 bits per heavy atom. The lowest BCUT2D eigenvalue weighted by Crippen LogP contribution is -2.27. The molecule has 5 rings (SSSR count). The SMILES string of the molecule is O=C(OCc1cc(F)cc2c1OCOC2)[C@@H]1CCCC[C@@H]1c1nc2ccccc2s1. The summed E-state index contributed by atoms with van der Waals surface area (Å²) < 4.78 is 31.5. The van der Waals surface area contributed by atoms with Crippen molar-refractivity contribution in [2.24, 2.45) is 5.92 Å². The first-order valence-electron chi connectivity index (χ1n) is 10.2. The van der Waals surface area contributed by atoms with E-state index in [0.29, 0.717) is 16.9 Å². The van der Waals surface area contributed by atoms with E-state index in [1.54, 1.807) is 11.3 Å². The Morgan fingerprint density at radius 3 is 3.00 bits per heavy atom. The first kappa shape index (κ1) is 19.5. The van der Waals surface area contributed by atoms with Gasteiger partial charge in [-0.15, -0.1) is 11.3 Å². The van der Waals surface area contributed by atoms with E-state index in [9.17, 15) is 9.18 Å². The molecule has 2 aliphatic rings. The molecule has 1 aromatic heterocycles. The van der Waals surface area contributed by atoms with Gasteiger partial charge < -0.3 is 14.2 Å². The third-order valence-corrected chi connectivity index (χ3v) is 6.99. The normalized spacial score (nSPS) is 21.1. The molecule has 0 radical (unpaired) electrons. The fraction of sp³-hybridized carbons (Fsp3) is 0.391. The summed E-state index contributed by atoms with van der Waals surface area (Å²) in [5, 5.41) is 1.00. The first-order valence-corrected chi connectivity index (χ1v) is 11.0. The lowest BCUT2D eigenvalue weighted by atomic mass is 9.79. The van der Waals surface area contributed by atoms with Crippen LogP contribution in [0.25, 0.3) is 10.2 Å². The molecule has 2 heterocycles. The second-order valence-corrected chi connectivity index (χ2v) is 8.85. The van der Waals surface area contributed by atoms with Crippen LogP contribution in [0.1, 0.15) is 47.7 Å². The van der Waals surface area contributed by atoms with Crippen molar-refractivity contribution < 1.29 is 23.4 Å². The molecule has 2 aromatic carbocycles. The number of carbonyl (C=O) groups is 1. The zero-order valence-corrected chi connectivity index (χ0v) is 17.3. The van der Waals surface area contributed by atoms with Crippen molar-refractivity contribution in [1.82, 2.24) is 4.98 Å². The third-order valence-electron chi connectivity index (χ3n) is 5.82. The number of hydrogen-bond acceptors (Lipinski definition) is 6. The molecule has 30 heavy (non-hydrogen) atoms. The van der Waals surface area contributed by atoms with Gasteiger partial charge >= 0.3 is 5.97 Å². The van der Waals surface area contributed by atoms with Gasteiger partial charge in [-0.3, -0.25) is 4.79 Å². The van der Waals surface area contributed by atoms with Crippen LogP contribution in [0.5, 0.6) is 5.75 Å². The Morgan fingerprint density at radius 1 is 1.23 bits per heavy atom. The summed E-state index contributed by atoms with van der Waals surface area (Å²) in [7, 11) is 0. The highest BCUT2D eigenvalue weighted by atomic mass is 32.1. The van der Waals surface area contributed by atoms with Crippen molar-refractivity contribution >= 4 is 27.5 Å². The van der Waals surface area contributed by atoms with Crippen molar-refractivity contribution in [3.63, 3.8) is 0 Å². The van der Waals surface area contributed by atoms with Crippen molar-refractivity contribution in [3.8, 4) is 5.75 Å². The van der Waals surface area contributed by atoms with Gasteiger partial charge in [0.2, 0.25) is 0 Å². The Balaban J connectivity index is 1.34. The zero-order chi connectivity index (χ0) is 20.5. The van der Waals surface area contributed by atoms with Gasteiger partial charge in [0, 0.05) is 17.0 Å². The quantitative estimate of drug-likeness (QED) is 0.528. The highest BCUT2D eigenvalue weighted by Gasteiger charge is 2.35. The standard InChI is InChI=1S/C23H22FNO4S/c24-16-9-14-11-27-13-29-21(14)15(10-16)12-28-23(26)18-6-2-1-5-17(18)22-25-19-7-3-4-8-20(19)30-22/h3-4,7-10,17-18H,1-2,5-6,11-13H2/t17-,18+/m0/s1. The van der Waals surface area contributed by atoms with E-state index < -0.39 is 0 Å². The Hall–Kier alpha value is -2.51. The minimum absolute atomic E-state index is 0.0119. The summed E-state index contributed by atoms with van der Waals surface area (Å²) in [5.41, 5.74) is 2.15. The summed E-state index contributed by atoms with van der Waals surface area (Å²) >= 11 is 1.66. The topological polar surface area (TPSA) is 57.7 Å². The van der Waals surface area contributed by atoms with Crippen LogP contribution in [-0.4, -0.2) is 17.7 Å². The van der Waals surface area contributed by atoms with Gasteiger partial charge in [0.15, 0.2) is 6.79 Å². The molecule has 5 nitrogen and oxygen atoms in total. The molecule has 0 unspecified atom stereocenters. The monoisotopic (exact) mass is 427 g/mol. The van der Waals surface area contributed by atoms with Crippen molar-refractivity contribution in [2.45, 2.75) is 44.8 Å². The van der Waals surface area contributed by atoms with Gasteiger partial charge in [0.1, 0.15) is 18.2 Å². The molecule has 0 N–H and O–H groups in total. The van der Waals surface area contributed by atoms with Crippen LogP contribution in [0.4, 0.5) is 4.39 Å². The third kappa shape index (κ3) is 3.79. The van der Waals surface area contributed by atoms with Gasteiger partial charge in [0.05, 0.1) is 27.7 Å². The van der Waals surface area contributed by atoms with Crippen LogP contribution in [0, 0.1) is 11.7 Å². The molecule has 0 spiro atoms. The van der Waals surface area contributed by atoms with Crippen LogP contribution in [0.2, 0.25) is 0 Å². The molecule has 1 fully saturated rings. The van der Waals surface area contributed by atoms with Crippen LogP contribution in [0.3, 0.4) is 0 Å². The maximum absolute atomic E-state index is 14.0. The number of nitrogens with zero attached hydrogens (tertiary/aromatic N) is 1. The number of ether oxygens (including phenoxy) is 3. The number of rotatable bonds is 4. The van der Waals surface area contributed by atoms with Crippen molar-refractivity contribution in [3.05, 3.63) is 58.3 Å². The van der Waals surface area contributed by atoms with E-state index in [0.717, 1.165) is 40.9 Å². The number of fused-ring (bicyclic) bond motifs is 2. The second-order valence-electron chi connectivity index (χ2n) is 7.79. The van der Waals surface area contributed by atoms with Gasteiger partial charge in [-0.25, -0.2) is 9.37 Å². The number of halogens is 1. The van der Waals surface area contributed by atoms with Gasteiger partial charge in [0.25, 0.3) is 0 Å². The lowest BCUT2D eigenvalue weighted by Gasteiger charge is -2.28. The summed E-state index contributed by atoms with van der Waals surface area (Å²) in [6.07, 6.45) is 3.78. The number of thiazole rings is 1. The number of benzene rings is 2. The molecule has 1 aliphatic heterocycles. The van der Waals surface area contributed by atoms with Crippen molar-refractivity contribution in [1.29, 1.82) is 0 Å². The average Bonchev–Trinajstić information content (AvgIpc) is 3.21. The van der Waals surface area contributed by atoms with Gasteiger partial charge in [-0.1, -0.05) is 25.0 Å². The summed E-state index contributed by atoms with van der Waals surface area (Å²) in [5.74, 6) is -0.243. The van der Waals surface area contributed by atoms with Crippen LogP contribution in [-0.2, 0) is 27.5 Å². The molecule has 3 aromatic rings. The fourth-order valence-electron chi connectivity index (χ4n) is 4.38. The number of hydrogen-bond donors (Lipinski definition) is 0. The number of carbonyl (C=O) groups excluding carboxylic acids is 1. The van der Waals surface area contributed by atoms with Crippen LogP contribution >= 0.6 is 11.3 Å². The average molecular weight is 427 g/mol. The Bertz CT molecular complexity index is 1050. The zero-order valence-electron chi connectivity index (χ0n) is 16.4. The van der Waals surface area contributed by atoms with E-state index >= 15 is 0 Å². The summed E-state index contributed by atoms with van der Waals surface area (Å²) in [6, 6.07) is 10.8. The second kappa shape index (κ2) is 8.32. The Labute approximate surface area is 177 Å². The predicted molar refractivity (Wildman–Crippen MR) is 111 cm³/mol.